The van der Waals surface area contributed by atoms with Crippen LogP contribution in [0.3, 0.4) is 0 Å². The lowest BCUT2D eigenvalue weighted by molar-refractivity contribution is -0.150. The van der Waals surface area contributed by atoms with Gasteiger partial charge in [0, 0.05) is 12.5 Å². The van der Waals surface area contributed by atoms with Crippen molar-refractivity contribution >= 4 is 50.8 Å². The lowest BCUT2D eigenvalue weighted by atomic mass is 10.0. The Morgan fingerprint density at radius 3 is 2.79 bits per heavy atom. The van der Waals surface area contributed by atoms with Crippen molar-refractivity contribution in [3.8, 4) is 0 Å². The van der Waals surface area contributed by atoms with Gasteiger partial charge in [0.25, 0.3) is 11.8 Å². The van der Waals surface area contributed by atoms with Crippen LogP contribution in [0.4, 0.5) is 5.13 Å². The van der Waals surface area contributed by atoms with Gasteiger partial charge in [0.05, 0.1) is 23.2 Å². The molecular weight excluding hydrogens is 426 g/mol. The molecule has 1 aromatic rings. The van der Waals surface area contributed by atoms with Gasteiger partial charge in [0.1, 0.15) is 29.9 Å². The highest BCUT2D eigenvalue weighted by molar-refractivity contribution is 7.86. The third-order valence-corrected chi connectivity index (χ3v) is 6.50. The summed E-state index contributed by atoms with van der Waals surface area (Å²) in [6, 6.07) is -1.18. The highest BCUT2D eigenvalue weighted by atomic mass is 32.2. The molecular formula is C15H17N5O7S2. The molecule has 0 aliphatic carbocycles. The molecule has 0 aromatic carbocycles. The maximum absolute atomic E-state index is 12.6. The van der Waals surface area contributed by atoms with Crippen LogP contribution >= 0.6 is 11.3 Å². The van der Waals surface area contributed by atoms with E-state index in [4.69, 9.17) is 10.5 Å². The summed E-state index contributed by atoms with van der Waals surface area (Å²) in [4.78, 5) is 46.4. The van der Waals surface area contributed by atoms with Gasteiger partial charge in [-0.1, -0.05) is 5.16 Å². The number of β-lactam (4-membered cyclic amide) rings is 1. The molecule has 2 unspecified atom stereocenters. The van der Waals surface area contributed by atoms with Crippen molar-refractivity contribution in [2.45, 2.75) is 11.4 Å². The predicted molar refractivity (Wildman–Crippen MR) is 102 cm³/mol. The minimum atomic E-state index is -1.64. The van der Waals surface area contributed by atoms with Crippen LogP contribution < -0.4 is 11.1 Å². The maximum atomic E-state index is 12.6. The van der Waals surface area contributed by atoms with E-state index in [-0.39, 0.29) is 40.2 Å². The van der Waals surface area contributed by atoms with Gasteiger partial charge in [-0.2, -0.15) is 0 Å². The molecule has 1 aromatic heterocycles. The zero-order chi connectivity index (χ0) is 21.3. The number of nitrogens with one attached hydrogen (secondary N) is 1. The van der Waals surface area contributed by atoms with Crippen LogP contribution in [0.1, 0.15) is 5.69 Å². The minimum absolute atomic E-state index is 0.0726. The fraction of sp³-hybridized carbons (Fsp3) is 0.400. The Morgan fingerprint density at radius 2 is 2.24 bits per heavy atom. The van der Waals surface area contributed by atoms with Crippen LogP contribution in [-0.2, 0) is 34.8 Å². The summed E-state index contributed by atoms with van der Waals surface area (Å²) in [5, 5.41) is 16.2. The van der Waals surface area contributed by atoms with Crippen LogP contribution in [0.2, 0.25) is 0 Å². The number of thiazole rings is 1. The van der Waals surface area contributed by atoms with Crippen molar-refractivity contribution in [1.82, 2.24) is 15.2 Å². The van der Waals surface area contributed by atoms with Crippen molar-refractivity contribution in [3.05, 3.63) is 22.3 Å². The van der Waals surface area contributed by atoms with Gasteiger partial charge in [0.2, 0.25) is 0 Å². The second kappa shape index (κ2) is 8.26. The molecule has 0 radical (unpaired) electrons. The van der Waals surface area contributed by atoms with E-state index in [0.29, 0.717) is 0 Å². The summed E-state index contributed by atoms with van der Waals surface area (Å²) >= 11 is 1.09. The Bertz CT molecular complexity index is 957. The first kappa shape index (κ1) is 20.9. The molecule has 1 fully saturated rings. The third-order valence-electron chi connectivity index (χ3n) is 4.17. The second-order valence-electron chi connectivity index (χ2n) is 5.96. The summed E-state index contributed by atoms with van der Waals surface area (Å²) in [5.41, 5.74) is 5.46. The third kappa shape index (κ3) is 3.73. The number of aromatic nitrogens is 1. The number of aliphatic carboxylic acids is 1. The van der Waals surface area contributed by atoms with E-state index < -0.39 is 40.0 Å². The molecule has 2 aliphatic heterocycles. The number of carboxylic acid groups (broad SMARTS) is 1. The number of hydrogen-bond acceptors (Lipinski definition) is 10. The minimum Gasteiger partial charge on any atom is -0.477 e. The number of anilines is 1. The number of nitrogens with zero attached hydrogens (tertiary/aromatic N) is 3. The van der Waals surface area contributed by atoms with Crippen molar-refractivity contribution in [2.24, 2.45) is 5.16 Å². The van der Waals surface area contributed by atoms with Gasteiger partial charge in [-0.3, -0.25) is 18.7 Å². The molecule has 0 saturated carbocycles. The molecule has 156 valence electrons. The predicted octanol–water partition coefficient (Wildman–Crippen LogP) is -1.52. The number of rotatable bonds is 7. The lowest BCUT2D eigenvalue weighted by Crippen LogP contribution is -2.74. The van der Waals surface area contributed by atoms with Crippen LogP contribution in [0.15, 0.2) is 21.8 Å². The Balaban J connectivity index is 1.84. The van der Waals surface area contributed by atoms with Crippen molar-refractivity contribution in [2.75, 3.05) is 32.3 Å². The summed E-state index contributed by atoms with van der Waals surface area (Å²) in [6.45, 7) is -0.0726. The normalized spacial score (nSPS) is 24.1. The van der Waals surface area contributed by atoms with Gasteiger partial charge in [-0.25, -0.2) is 9.78 Å². The van der Waals surface area contributed by atoms with E-state index in [2.05, 4.69) is 20.3 Å². The summed E-state index contributed by atoms with van der Waals surface area (Å²) in [6.07, 6.45) is 0. The number of carboxylic acids is 1. The Kier molecular flexibility index (Phi) is 5.95. The monoisotopic (exact) mass is 443 g/mol. The summed E-state index contributed by atoms with van der Waals surface area (Å²) in [5.74, 6) is -2.91. The number of oxime groups is 1. The van der Waals surface area contributed by atoms with E-state index in [1.807, 2.05) is 0 Å². The van der Waals surface area contributed by atoms with Gasteiger partial charge in [-0.15, -0.1) is 11.3 Å². The van der Waals surface area contributed by atoms with Gasteiger partial charge in [0.15, 0.2) is 10.8 Å². The molecule has 1 saturated heterocycles. The molecule has 0 spiro atoms. The fourth-order valence-corrected chi connectivity index (χ4v) is 5.25. The quantitative estimate of drug-likeness (QED) is 0.257. The van der Waals surface area contributed by atoms with Gasteiger partial charge in [-0.05, 0) is 5.57 Å². The largest absolute Gasteiger partial charge is 0.477 e. The number of hydrogen-bond donors (Lipinski definition) is 3. The van der Waals surface area contributed by atoms with Crippen molar-refractivity contribution < 1.29 is 33.3 Å². The van der Waals surface area contributed by atoms with Crippen molar-refractivity contribution in [3.63, 3.8) is 0 Å². The zero-order valence-electron chi connectivity index (χ0n) is 15.3. The molecule has 2 aliphatic rings. The number of carbonyl (C=O) groups is 3. The standard InChI is InChI=1S/C15H17N5O7S2/c1-26-3-6-5-29(25)13-9(12(22)20(13)10(6)14(23)24)18-11(21)8(19-27-2)7-4-28-15(16)17-7/h4,9,13H,3,5H2,1-2H3,(H2,16,17)(H,18,21)(H,23,24)/b19-8-/t9-,13?,29?/m1/s1. The fourth-order valence-electron chi connectivity index (χ4n) is 3.04. The smallest absolute Gasteiger partial charge is 0.352 e. The molecule has 12 nitrogen and oxygen atoms in total. The van der Waals surface area contributed by atoms with Gasteiger partial charge < -0.3 is 25.7 Å². The zero-order valence-corrected chi connectivity index (χ0v) is 16.9. The number of methoxy groups -OCH3 is 1. The van der Waals surface area contributed by atoms with Crippen LogP contribution in [-0.4, -0.2) is 80.7 Å². The van der Waals surface area contributed by atoms with Gasteiger partial charge >= 0.3 is 5.97 Å². The van der Waals surface area contributed by atoms with Crippen molar-refractivity contribution in [1.29, 1.82) is 0 Å². The Morgan fingerprint density at radius 1 is 1.52 bits per heavy atom. The number of ether oxygens (including phenoxy) is 1. The molecule has 3 rings (SSSR count). The first-order valence-electron chi connectivity index (χ1n) is 8.08. The Hall–Kier alpha value is -2.84. The van der Waals surface area contributed by atoms with E-state index in [1.54, 1.807) is 0 Å². The first-order chi connectivity index (χ1) is 13.8. The lowest BCUT2D eigenvalue weighted by Gasteiger charge is -2.48. The summed E-state index contributed by atoms with van der Waals surface area (Å²) < 4.78 is 17.6. The van der Waals surface area contributed by atoms with E-state index in [1.165, 1.54) is 19.6 Å². The van der Waals surface area contributed by atoms with E-state index >= 15 is 0 Å². The average molecular weight is 443 g/mol. The number of amides is 2. The van der Waals surface area contributed by atoms with Crippen LogP contribution in [0, 0.1) is 0 Å². The topological polar surface area (TPSA) is 174 Å². The SMILES string of the molecule is COCC1=C(C(=O)O)N2C(=O)[C@@H](NC(=O)/C(=N\OC)c3csc(N)n3)C2S(=O)C1. The van der Waals surface area contributed by atoms with Crippen LogP contribution in [0.25, 0.3) is 0 Å². The molecule has 2 amide bonds. The first-order valence-corrected chi connectivity index (χ1v) is 10.3. The number of nitrogen functional groups attached to an aromatic ring is 1. The summed E-state index contributed by atoms with van der Waals surface area (Å²) in [7, 11) is 0.961. The number of carbonyl (C=O) groups excluding carboxylic acids is 2. The highest BCUT2D eigenvalue weighted by Crippen LogP contribution is 2.35. The molecule has 0 bridgehead atoms. The average Bonchev–Trinajstić information content (AvgIpc) is 3.09. The van der Waals surface area contributed by atoms with Crippen LogP contribution in [0.5, 0.6) is 0 Å². The number of nitrogens with two attached hydrogens (primary N) is 1. The van der Waals surface area contributed by atoms with E-state index in [0.717, 1.165) is 16.2 Å². The van der Waals surface area contributed by atoms with E-state index in [9.17, 15) is 23.7 Å². The second-order valence-corrected chi connectivity index (χ2v) is 8.38. The highest BCUT2D eigenvalue weighted by Gasteiger charge is 2.57. The molecule has 3 heterocycles. The Labute approximate surface area is 170 Å². The molecule has 29 heavy (non-hydrogen) atoms. The number of fused-ring (bicyclic) bond motifs is 1. The molecule has 14 heteroatoms. The molecule has 3 atom stereocenters. The molecule has 4 N–H and O–H groups in total. The maximum Gasteiger partial charge on any atom is 0.352 e.